The monoisotopic (exact) mass is 401 g/mol. The summed E-state index contributed by atoms with van der Waals surface area (Å²) >= 11 is 1.25. The normalized spacial score (nSPS) is 17.8. The minimum absolute atomic E-state index is 0.00745. The molecule has 2 amide bonds. The highest BCUT2D eigenvalue weighted by Crippen LogP contribution is 2.31. The summed E-state index contributed by atoms with van der Waals surface area (Å²) in [5.41, 5.74) is 1.18. The number of hydrogen-bond acceptors (Lipinski definition) is 5. The molecule has 1 saturated heterocycles. The van der Waals surface area contributed by atoms with Gasteiger partial charge in [0.15, 0.2) is 5.17 Å². The van der Waals surface area contributed by atoms with Gasteiger partial charge in [0.2, 0.25) is 11.8 Å². The summed E-state index contributed by atoms with van der Waals surface area (Å²) in [6.45, 7) is 2.50. The molecule has 1 aliphatic heterocycles. The highest BCUT2D eigenvalue weighted by molar-refractivity contribution is 8.15. The summed E-state index contributed by atoms with van der Waals surface area (Å²) in [6.07, 6.45) is 0.00745. The van der Waals surface area contributed by atoms with Gasteiger partial charge in [-0.15, -0.1) is 0 Å². The number of amides is 2. The van der Waals surface area contributed by atoms with Crippen LogP contribution < -0.4 is 10.1 Å². The molecule has 2 aromatic rings. The predicted octanol–water partition coefficient (Wildman–Crippen LogP) is 3.81. The molecule has 1 fully saturated rings. The van der Waals surface area contributed by atoms with Crippen LogP contribution in [0.2, 0.25) is 0 Å². The van der Waals surface area contributed by atoms with Crippen molar-refractivity contribution in [2.24, 2.45) is 4.99 Å². The zero-order chi connectivity index (χ0) is 20.1. The van der Waals surface area contributed by atoms with Crippen LogP contribution in [0.25, 0.3) is 0 Å². The summed E-state index contributed by atoms with van der Waals surface area (Å²) in [4.78, 5) is 30.6. The minimum atomic E-state index is -0.549. The van der Waals surface area contributed by atoms with Crippen LogP contribution in [0, 0.1) is 5.82 Å². The summed E-state index contributed by atoms with van der Waals surface area (Å²) in [7, 11) is 1.64. The van der Waals surface area contributed by atoms with Crippen molar-refractivity contribution in [1.82, 2.24) is 4.90 Å². The van der Waals surface area contributed by atoms with Crippen LogP contribution >= 0.6 is 11.8 Å². The Bertz CT molecular complexity index is 885. The van der Waals surface area contributed by atoms with Crippen molar-refractivity contribution in [2.75, 3.05) is 19.0 Å². The average Bonchev–Trinajstić information content (AvgIpc) is 2.93. The maximum atomic E-state index is 12.9. The third-order valence-corrected chi connectivity index (χ3v) is 5.24. The molecule has 0 saturated carbocycles. The van der Waals surface area contributed by atoms with Gasteiger partial charge in [-0.1, -0.05) is 11.8 Å². The molecule has 0 spiro atoms. The largest absolute Gasteiger partial charge is 0.494 e. The fraction of sp³-hybridized carbons (Fsp3) is 0.250. The van der Waals surface area contributed by atoms with Gasteiger partial charge in [-0.05, 0) is 55.5 Å². The van der Waals surface area contributed by atoms with Crippen molar-refractivity contribution in [2.45, 2.75) is 18.6 Å². The van der Waals surface area contributed by atoms with Crippen molar-refractivity contribution in [1.29, 1.82) is 0 Å². The van der Waals surface area contributed by atoms with E-state index in [1.165, 1.54) is 40.9 Å². The molecule has 6 nitrogen and oxygen atoms in total. The topological polar surface area (TPSA) is 71.0 Å². The first-order chi connectivity index (χ1) is 13.5. The molecular formula is C20H20FN3O3S. The first-order valence-corrected chi connectivity index (χ1v) is 9.65. The number of hydrogen-bond donors (Lipinski definition) is 1. The maximum absolute atomic E-state index is 12.9. The van der Waals surface area contributed by atoms with Gasteiger partial charge in [-0.3, -0.25) is 14.5 Å². The number of nitrogens with one attached hydrogen (secondary N) is 1. The van der Waals surface area contributed by atoms with Crippen LogP contribution in [0.15, 0.2) is 53.5 Å². The molecule has 0 radical (unpaired) electrons. The first kappa shape index (κ1) is 19.9. The zero-order valence-electron chi connectivity index (χ0n) is 15.5. The lowest BCUT2D eigenvalue weighted by molar-refractivity contribution is -0.127. The predicted molar refractivity (Wildman–Crippen MR) is 109 cm³/mol. The molecule has 1 heterocycles. The van der Waals surface area contributed by atoms with Gasteiger partial charge in [0.1, 0.15) is 16.8 Å². The SMILES string of the molecule is CCOc1ccc(N=C2S[C@@H](CC(=O)Nc3ccc(F)cc3)C(=O)N2C)cc1. The Morgan fingerprint density at radius 3 is 2.54 bits per heavy atom. The van der Waals surface area contributed by atoms with E-state index in [2.05, 4.69) is 10.3 Å². The summed E-state index contributed by atoms with van der Waals surface area (Å²) in [6, 6.07) is 12.7. The van der Waals surface area contributed by atoms with Crippen LogP contribution in [-0.2, 0) is 9.59 Å². The van der Waals surface area contributed by atoms with E-state index < -0.39 is 5.25 Å². The Morgan fingerprint density at radius 2 is 1.89 bits per heavy atom. The molecule has 8 heteroatoms. The van der Waals surface area contributed by atoms with Crippen LogP contribution in [0.3, 0.4) is 0 Å². The van der Waals surface area contributed by atoms with Crippen LogP contribution in [0.5, 0.6) is 5.75 Å². The second-order valence-corrected chi connectivity index (χ2v) is 7.25. The number of aliphatic imine (C=N–C) groups is 1. The lowest BCUT2D eigenvalue weighted by Gasteiger charge is -2.09. The van der Waals surface area contributed by atoms with Crippen molar-refractivity contribution in [3.05, 3.63) is 54.3 Å². The summed E-state index contributed by atoms with van der Waals surface area (Å²) in [5.74, 6) is -0.112. The van der Waals surface area contributed by atoms with Gasteiger partial charge in [-0.2, -0.15) is 0 Å². The number of anilines is 1. The van der Waals surface area contributed by atoms with Gasteiger partial charge in [0.05, 0.1) is 12.3 Å². The van der Waals surface area contributed by atoms with E-state index in [-0.39, 0.29) is 24.1 Å². The van der Waals surface area contributed by atoms with E-state index in [1.807, 2.05) is 31.2 Å². The molecular weight excluding hydrogens is 381 g/mol. The Kier molecular flexibility index (Phi) is 6.30. The highest BCUT2D eigenvalue weighted by Gasteiger charge is 2.37. The Hall–Kier alpha value is -2.87. The molecule has 146 valence electrons. The van der Waals surface area contributed by atoms with Gasteiger partial charge in [0, 0.05) is 19.2 Å². The number of nitrogens with zero attached hydrogens (tertiary/aromatic N) is 2. The van der Waals surface area contributed by atoms with Gasteiger partial charge < -0.3 is 10.1 Å². The second kappa shape index (κ2) is 8.88. The highest BCUT2D eigenvalue weighted by atomic mass is 32.2. The van der Waals surface area contributed by atoms with Gasteiger partial charge >= 0.3 is 0 Å². The summed E-state index contributed by atoms with van der Waals surface area (Å²) in [5, 5.41) is 2.66. The third-order valence-electron chi connectivity index (χ3n) is 4.01. The molecule has 28 heavy (non-hydrogen) atoms. The standard InChI is InChI=1S/C20H20FN3O3S/c1-3-27-16-10-8-15(9-11-16)23-20-24(2)19(26)17(28-20)12-18(25)22-14-6-4-13(21)5-7-14/h4-11,17H,3,12H2,1-2H3,(H,22,25)/t17-/m0/s1. The van der Waals surface area contributed by atoms with Crippen molar-refractivity contribution < 1.29 is 18.7 Å². The molecule has 1 N–H and O–H groups in total. The number of carbonyl (C=O) groups is 2. The van der Waals surface area contributed by atoms with Gasteiger partial charge in [0.25, 0.3) is 0 Å². The van der Waals surface area contributed by atoms with E-state index >= 15 is 0 Å². The second-order valence-electron chi connectivity index (χ2n) is 6.08. The molecule has 0 aliphatic carbocycles. The lowest BCUT2D eigenvalue weighted by atomic mass is 10.2. The molecule has 3 rings (SSSR count). The average molecular weight is 401 g/mol. The number of ether oxygens (including phenoxy) is 1. The number of amidine groups is 1. The number of thioether (sulfide) groups is 1. The van der Waals surface area contributed by atoms with E-state index in [4.69, 9.17) is 4.74 Å². The Balaban J connectivity index is 1.63. The Morgan fingerprint density at radius 1 is 1.21 bits per heavy atom. The van der Waals surface area contributed by atoms with E-state index in [9.17, 15) is 14.0 Å². The molecule has 2 aromatic carbocycles. The van der Waals surface area contributed by atoms with Crippen LogP contribution in [0.4, 0.5) is 15.8 Å². The minimum Gasteiger partial charge on any atom is -0.494 e. The Labute approximate surface area is 166 Å². The number of carbonyl (C=O) groups excluding carboxylic acids is 2. The smallest absolute Gasteiger partial charge is 0.242 e. The molecule has 1 aliphatic rings. The maximum Gasteiger partial charge on any atom is 0.242 e. The van der Waals surface area contributed by atoms with Crippen molar-refractivity contribution >= 4 is 40.1 Å². The zero-order valence-corrected chi connectivity index (χ0v) is 16.3. The van der Waals surface area contributed by atoms with Crippen LogP contribution in [-0.4, -0.2) is 40.8 Å². The quantitative estimate of drug-likeness (QED) is 0.799. The molecule has 0 unspecified atom stereocenters. The fourth-order valence-electron chi connectivity index (χ4n) is 2.60. The van der Waals surface area contributed by atoms with E-state index in [0.29, 0.717) is 23.1 Å². The van der Waals surface area contributed by atoms with E-state index in [1.54, 1.807) is 7.05 Å². The fourth-order valence-corrected chi connectivity index (χ4v) is 3.76. The lowest BCUT2D eigenvalue weighted by Crippen LogP contribution is -2.30. The van der Waals surface area contributed by atoms with Gasteiger partial charge in [-0.25, -0.2) is 9.38 Å². The van der Waals surface area contributed by atoms with E-state index in [0.717, 1.165) is 5.75 Å². The molecule has 1 atom stereocenters. The first-order valence-electron chi connectivity index (χ1n) is 8.77. The van der Waals surface area contributed by atoms with Crippen LogP contribution in [0.1, 0.15) is 13.3 Å². The summed E-state index contributed by atoms with van der Waals surface area (Å²) < 4.78 is 18.3. The number of rotatable bonds is 6. The third kappa shape index (κ3) is 4.89. The van der Waals surface area contributed by atoms with Crippen molar-refractivity contribution in [3.8, 4) is 5.75 Å². The van der Waals surface area contributed by atoms with Crippen molar-refractivity contribution in [3.63, 3.8) is 0 Å². The molecule has 0 aromatic heterocycles. The number of halogens is 1. The molecule has 0 bridgehead atoms. The number of benzene rings is 2.